The van der Waals surface area contributed by atoms with E-state index in [2.05, 4.69) is 71.3 Å². The van der Waals surface area contributed by atoms with E-state index in [0.29, 0.717) is 39.5 Å². The zero-order valence-electron chi connectivity index (χ0n) is 24.7. The number of nitrogens with zero attached hydrogens (tertiary/aromatic N) is 2. The third-order valence-corrected chi connectivity index (χ3v) is 7.84. The Hall–Kier alpha value is -4.43. The zero-order chi connectivity index (χ0) is 29.6. The average molecular weight is 576 g/mol. The van der Waals surface area contributed by atoms with Crippen molar-refractivity contribution in [3.8, 4) is 56.5 Å². The molecule has 5 aromatic rings. The maximum atomic E-state index is 6.01. The molecule has 0 bridgehead atoms. The molecule has 0 aliphatic heterocycles. The van der Waals surface area contributed by atoms with Crippen LogP contribution in [0.15, 0.2) is 91.0 Å². The first kappa shape index (κ1) is 28.7. The molecule has 43 heavy (non-hydrogen) atoms. The average Bonchev–Trinajstić information content (AvgIpc) is 3.62. The summed E-state index contributed by atoms with van der Waals surface area (Å²) in [5.41, 5.74) is 15.9. The highest BCUT2D eigenvalue weighted by Crippen LogP contribution is 2.41. The maximum absolute atomic E-state index is 6.01. The van der Waals surface area contributed by atoms with E-state index in [1.54, 1.807) is 14.2 Å². The summed E-state index contributed by atoms with van der Waals surface area (Å²) < 4.78 is 24.7. The normalized spacial score (nSPS) is 11.8. The largest absolute Gasteiger partial charge is 0.497 e. The minimum atomic E-state index is 0.504. The number of hydrogen-bond donors (Lipinski definition) is 1. The van der Waals surface area contributed by atoms with Gasteiger partial charge in [-0.15, -0.1) is 0 Å². The van der Waals surface area contributed by atoms with E-state index < -0.39 is 0 Å². The van der Waals surface area contributed by atoms with Gasteiger partial charge in [0.2, 0.25) is 0 Å². The lowest BCUT2D eigenvalue weighted by Gasteiger charge is -2.15. The minimum absolute atomic E-state index is 0.504. The molecule has 220 valence electrons. The summed E-state index contributed by atoms with van der Waals surface area (Å²) in [6.07, 6.45) is 0.919. The van der Waals surface area contributed by atoms with Crippen LogP contribution in [-0.4, -0.2) is 56.7 Å². The number of aromatic nitrogens is 2. The van der Waals surface area contributed by atoms with Crippen molar-refractivity contribution in [3.63, 3.8) is 0 Å². The van der Waals surface area contributed by atoms with E-state index in [1.165, 1.54) is 22.3 Å². The van der Waals surface area contributed by atoms with Gasteiger partial charge in [-0.1, -0.05) is 36.4 Å². The molecule has 7 heteroatoms. The molecule has 1 aliphatic carbocycles. The van der Waals surface area contributed by atoms with Gasteiger partial charge >= 0.3 is 0 Å². The third-order valence-electron chi connectivity index (χ3n) is 7.84. The number of fused-ring (bicyclic) bond motifs is 3. The summed E-state index contributed by atoms with van der Waals surface area (Å²) in [6.45, 7) is 3.19. The van der Waals surface area contributed by atoms with Crippen molar-refractivity contribution in [2.75, 3.05) is 47.2 Å². The quantitative estimate of drug-likeness (QED) is 0.159. The van der Waals surface area contributed by atoms with Crippen molar-refractivity contribution in [2.45, 2.75) is 13.0 Å². The van der Waals surface area contributed by atoms with E-state index in [9.17, 15) is 0 Å². The smallest absolute Gasteiger partial charge is 0.141 e. The van der Waals surface area contributed by atoms with Crippen LogP contribution in [0.5, 0.6) is 11.5 Å². The molecule has 0 radical (unpaired) electrons. The van der Waals surface area contributed by atoms with Gasteiger partial charge in [0.15, 0.2) is 0 Å². The number of methoxy groups -OCH3 is 2. The van der Waals surface area contributed by atoms with Crippen molar-refractivity contribution in [2.24, 2.45) is 5.73 Å². The van der Waals surface area contributed by atoms with Gasteiger partial charge in [0.1, 0.15) is 17.3 Å². The van der Waals surface area contributed by atoms with Crippen LogP contribution in [0.4, 0.5) is 0 Å². The second kappa shape index (κ2) is 13.3. The van der Waals surface area contributed by atoms with Gasteiger partial charge in [0.05, 0.1) is 52.0 Å². The summed E-state index contributed by atoms with van der Waals surface area (Å²) in [4.78, 5) is 5.34. The molecule has 1 aliphatic rings. The van der Waals surface area contributed by atoms with Crippen molar-refractivity contribution in [1.29, 1.82) is 0 Å². The van der Waals surface area contributed by atoms with Crippen LogP contribution in [-0.2, 0) is 22.4 Å². The Morgan fingerprint density at radius 2 is 1.30 bits per heavy atom. The summed E-state index contributed by atoms with van der Waals surface area (Å²) in [6, 6.07) is 31.6. The predicted octanol–water partition coefficient (Wildman–Crippen LogP) is 6.46. The first-order valence-electron chi connectivity index (χ1n) is 14.7. The lowest BCUT2D eigenvalue weighted by Crippen LogP contribution is -2.14. The van der Waals surface area contributed by atoms with Gasteiger partial charge in [-0.05, 0) is 83.3 Å². The fraction of sp³-hybridized carbons (Fsp3) is 0.250. The van der Waals surface area contributed by atoms with Crippen LogP contribution < -0.4 is 15.2 Å². The second-order valence-electron chi connectivity index (χ2n) is 10.5. The first-order chi connectivity index (χ1) is 21.2. The Morgan fingerprint density at radius 1 is 0.674 bits per heavy atom. The first-order valence-corrected chi connectivity index (χ1v) is 14.7. The number of ether oxygens (including phenoxy) is 4. The van der Waals surface area contributed by atoms with Crippen molar-refractivity contribution >= 4 is 0 Å². The molecule has 0 unspecified atom stereocenters. The van der Waals surface area contributed by atoms with Gasteiger partial charge in [-0.2, -0.15) is 0 Å². The molecule has 2 N–H and O–H groups in total. The number of imidazole rings is 1. The van der Waals surface area contributed by atoms with Crippen LogP contribution in [0.3, 0.4) is 0 Å². The monoisotopic (exact) mass is 575 g/mol. The Balaban J connectivity index is 1.44. The van der Waals surface area contributed by atoms with E-state index in [0.717, 1.165) is 51.8 Å². The Bertz CT molecular complexity index is 1680. The lowest BCUT2D eigenvalue weighted by atomic mass is 10.0. The van der Waals surface area contributed by atoms with Gasteiger partial charge in [0, 0.05) is 29.8 Å². The summed E-state index contributed by atoms with van der Waals surface area (Å²) >= 11 is 0. The zero-order valence-corrected chi connectivity index (χ0v) is 24.7. The Morgan fingerprint density at radius 3 is 2.00 bits per heavy atom. The highest BCUT2D eigenvalue weighted by molar-refractivity contribution is 5.84. The molecule has 6 rings (SSSR count). The van der Waals surface area contributed by atoms with Gasteiger partial charge in [0.25, 0.3) is 0 Å². The molecule has 0 spiro atoms. The van der Waals surface area contributed by atoms with Gasteiger partial charge < -0.3 is 29.2 Å². The molecule has 0 fully saturated rings. The highest BCUT2D eigenvalue weighted by atomic mass is 16.5. The van der Waals surface area contributed by atoms with Crippen LogP contribution >= 0.6 is 0 Å². The van der Waals surface area contributed by atoms with Crippen LogP contribution in [0.2, 0.25) is 0 Å². The molecule has 4 aromatic carbocycles. The predicted molar refractivity (Wildman–Crippen MR) is 171 cm³/mol. The molecule has 0 saturated carbocycles. The molecule has 1 aromatic heterocycles. The van der Waals surface area contributed by atoms with Gasteiger partial charge in [-0.25, -0.2) is 4.98 Å². The summed E-state index contributed by atoms with van der Waals surface area (Å²) in [7, 11) is 3.36. The van der Waals surface area contributed by atoms with E-state index in [1.807, 2.05) is 24.3 Å². The highest BCUT2D eigenvalue weighted by Gasteiger charge is 2.24. The fourth-order valence-corrected chi connectivity index (χ4v) is 5.73. The van der Waals surface area contributed by atoms with E-state index in [-0.39, 0.29) is 0 Å². The Kier molecular flexibility index (Phi) is 8.84. The molecular weight excluding hydrogens is 538 g/mol. The van der Waals surface area contributed by atoms with E-state index in [4.69, 9.17) is 29.7 Å². The van der Waals surface area contributed by atoms with E-state index >= 15 is 0 Å². The topological polar surface area (TPSA) is 80.8 Å². The fourth-order valence-electron chi connectivity index (χ4n) is 5.73. The summed E-state index contributed by atoms with van der Waals surface area (Å²) in [5, 5.41) is 0. The van der Waals surface area contributed by atoms with Crippen molar-refractivity contribution < 1.29 is 18.9 Å². The number of hydrogen-bond acceptors (Lipinski definition) is 6. The van der Waals surface area contributed by atoms with Crippen LogP contribution in [0.1, 0.15) is 11.1 Å². The number of nitrogens with two attached hydrogens (primary N) is 1. The molecule has 0 amide bonds. The van der Waals surface area contributed by atoms with Crippen molar-refractivity contribution in [3.05, 3.63) is 102 Å². The van der Waals surface area contributed by atoms with Crippen molar-refractivity contribution in [1.82, 2.24) is 9.55 Å². The third kappa shape index (κ3) is 6.06. The molecule has 7 nitrogen and oxygen atoms in total. The lowest BCUT2D eigenvalue weighted by molar-refractivity contribution is 0.0479. The second-order valence-corrected chi connectivity index (χ2v) is 10.5. The standard InChI is InChI=1S/C36H37N3O4/c1-40-30-12-7-25(8-13-30)34-35(26-9-14-31(41-2)15-10-26)39(18-20-43-22-21-42-19-17-37)36(38-34)28-11-16-33-29(24-28)23-27-5-3-4-6-32(27)33/h3-16,24H,17-23,37H2,1-2H3. The van der Waals surface area contributed by atoms with Gasteiger partial charge in [-0.3, -0.25) is 0 Å². The SMILES string of the molecule is COc1ccc(-c2nc(-c3ccc4c(c3)Cc3ccccc3-4)n(CCOCCOCCN)c2-c2ccc(OC)cc2)cc1. The Labute approximate surface area is 252 Å². The molecule has 0 saturated heterocycles. The molecular formula is C36H37N3O4. The van der Waals surface area contributed by atoms with Crippen LogP contribution in [0.25, 0.3) is 45.0 Å². The minimum Gasteiger partial charge on any atom is -0.497 e. The number of rotatable bonds is 13. The summed E-state index contributed by atoms with van der Waals surface area (Å²) in [5.74, 6) is 2.51. The maximum Gasteiger partial charge on any atom is 0.141 e. The molecule has 0 atom stereocenters. The molecule has 1 heterocycles. The number of benzene rings is 4. The van der Waals surface area contributed by atoms with Crippen LogP contribution in [0, 0.1) is 0 Å².